The van der Waals surface area contributed by atoms with Gasteiger partial charge in [-0.1, -0.05) is 13.0 Å². The number of aryl methyl sites for hydroxylation is 1. The van der Waals surface area contributed by atoms with Gasteiger partial charge >= 0.3 is 0 Å². The lowest BCUT2D eigenvalue weighted by molar-refractivity contribution is 0.219. The van der Waals surface area contributed by atoms with E-state index in [4.69, 9.17) is 4.98 Å². The molecule has 1 aliphatic carbocycles. The summed E-state index contributed by atoms with van der Waals surface area (Å²) in [7, 11) is 2.15. The minimum absolute atomic E-state index is 0.146. The zero-order valence-corrected chi connectivity index (χ0v) is 17.3. The number of likely N-dealkylation sites (tertiary alicyclic amines) is 1. The first kappa shape index (κ1) is 18.0. The molecule has 0 radical (unpaired) electrons. The number of hydrogen-bond donors (Lipinski definition) is 0. The first-order valence-corrected chi connectivity index (χ1v) is 11.1. The molecule has 146 valence electrons. The molecule has 0 spiro atoms. The van der Waals surface area contributed by atoms with E-state index in [2.05, 4.69) is 23.9 Å². The molecule has 3 aromatic rings. The number of piperidine rings is 1. The number of pyridine rings is 1. The van der Waals surface area contributed by atoms with Crippen LogP contribution in [-0.2, 0) is 12.8 Å². The zero-order valence-electron chi connectivity index (χ0n) is 16.5. The van der Waals surface area contributed by atoms with Crippen LogP contribution in [0.3, 0.4) is 0 Å². The maximum absolute atomic E-state index is 13.8. The van der Waals surface area contributed by atoms with Crippen LogP contribution in [-0.4, -0.2) is 39.6 Å². The van der Waals surface area contributed by atoms with Crippen LogP contribution >= 0.6 is 11.3 Å². The van der Waals surface area contributed by atoms with Crippen molar-refractivity contribution in [3.05, 3.63) is 45.2 Å². The monoisotopic (exact) mass is 394 g/mol. The van der Waals surface area contributed by atoms with Crippen molar-refractivity contribution in [3.8, 4) is 11.5 Å². The second-order valence-corrected chi connectivity index (χ2v) is 9.48. The van der Waals surface area contributed by atoms with Crippen molar-refractivity contribution in [1.29, 1.82) is 0 Å². The topological polar surface area (TPSA) is 51.0 Å². The molecule has 0 aromatic carbocycles. The highest BCUT2D eigenvalue weighted by atomic mass is 32.1. The molecule has 0 bridgehead atoms. The van der Waals surface area contributed by atoms with E-state index >= 15 is 0 Å². The van der Waals surface area contributed by atoms with Crippen LogP contribution in [0.1, 0.15) is 42.7 Å². The SMILES string of the molecule is CC1CCc2c(sc3nc(-c4ccccn4)n(C4CCN(C)CC4)c(=O)c23)C1. The molecule has 6 heteroatoms. The highest BCUT2D eigenvalue weighted by molar-refractivity contribution is 7.18. The third-order valence-electron chi connectivity index (χ3n) is 6.31. The Hall–Kier alpha value is -2.05. The number of nitrogens with zero attached hydrogens (tertiary/aromatic N) is 4. The van der Waals surface area contributed by atoms with Gasteiger partial charge in [-0.3, -0.25) is 14.3 Å². The molecule has 1 fully saturated rings. The Bertz CT molecular complexity index is 1060. The van der Waals surface area contributed by atoms with Crippen LogP contribution < -0.4 is 5.56 Å². The van der Waals surface area contributed by atoms with E-state index in [1.54, 1.807) is 17.5 Å². The van der Waals surface area contributed by atoms with Gasteiger partial charge in [0.05, 0.1) is 5.39 Å². The van der Waals surface area contributed by atoms with Gasteiger partial charge in [0.25, 0.3) is 5.56 Å². The third-order valence-corrected chi connectivity index (χ3v) is 7.46. The van der Waals surface area contributed by atoms with Gasteiger partial charge in [0, 0.05) is 17.1 Å². The van der Waals surface area contributed by atoms with Crippen molar-refractivity contribution in [2.24, 2.45) is 5.92 Å². The highest BCUT2D eigenvalue weighted by Crippen LogP contribution is 2.37. The normalized spacial score (nSPS) is 21.1. The average Bonchev–Trinajstić information content (AvgIpc) is 3.07. The fraction of sp³-hybridized carbons (Fsp3) is 0.500. The summed E-state index contributed by atoms with van der Waals surface area (Å²) in [6.07, 6.45) is 6.98. The van der Waals surface area contributed by atoms with E-state index in [0.717, 1.165) is 66.9 Å². The van der Waals surface area contributed by atoms with Crippen LogP contribution in [0.2, 0.25) is 0 Å². The molecule has 28 heavy (non-hydrogen) atoms. The standard InChI is InChI=1S/C22H26N4OS/c1-14-6-7-16-18(13-14)28-21-19(16)22(27)26(15-8-11-25(2)12-9-15)20(24-21)17-5-3-4-10-23-17/h3-5,10,14-15H,6-9,11-13H2,1-2H3. The van der Waals surface area contributed by atoms with Gasteiger partial charge in [-0.05, 0) is 75.9 Å². The maximum atomic E-state index is 13.8. The quantitative estimate of drug-likeness (QED) is 0.661. The minimum Gasteiger partial charge on any atom is -0.306 e. The van der Waals surface area contributed by atoms with Crippen LogP contribution in [0, 0.1) is 5.92 Å². The molecule has 3 aromatic heterocycles. The molecule has 1 aliphatic heterocycles. The van der Waals surface area contributed by atoms with Gasteiger partial charge in [0.1, 0.15) is 10.5 Å². The number of rotatable bonds is 2. The first-order valence-electron chi connectivity index (χ1n) is 10.3. The molecule has 0 saturated carbocycles. The van der Waals surface area contributed by atoms with Crippen molar-refractivity contribution in [2.45, 2.75) is 45.1 Å². The van der Waals surface area contributed by atoms with Gasteiger partial charge in [0.15, 0.2) is 5.82 Å². The molecule has 2 aliphatic rings. The van der Waals surface area contributed by atoms with Crippen molar-refractivity contribution in [1.82, 2.24) is 19.4 Å². The lowest BCUT2D eigenvalue weighted by Crippen LogP contribution is -2.36. The maximum Gasteiger partial charge on any atom is 0.263 e. The summed E-state index contributed by atoms with van der Waals surface area (Å²) in [4.78, 5) is 28.0. The van der Waals surface area contributed by atoms with Gasteiger partial charge < -0.3 is 4.90 Å². The molecular weight excluding hydrogens is 368 g/mol. The fourth-order valence-electron chi connectivity index (χ4n) is 4.67. The number of aromatic nitrogens is 3. The molecule has 0 amide bonds. The average molecular weight is 395 g/mol. The summed E-state index contributed by atoms with van der Waals surface area (Å²) in [6.45, 7) is 4.32. The van der Waals surface area contributed by atoms with E-state index in [9.17, 15) is 4.79 Å². The van der Waals surface area contributed by atoms with Gasteiger partial charge in [-0.15, -0.1) is 11.3 Å². The Labute approximate surface area is 169 Å². The van der Waals surface area contributed by atoms with E-state index in [-0.39, 0.29) is 11.6 Å². The zero-order chi connectivity index (χ0) is 19.3. The van der Waals surface area contributed by atoms with Gasteiger partial charge in [-0.25, -0.2) is 4.98 Å². The van der Waals surface area contributed by atoms with E-state index in [0.29, 0.717) is 5.92 Å². The van der Waals surface area contributed by atoms with Crippen molar-refractivity contribution < 1.29 is 0 Å². The first-order chi connectivity index (χ1) is 13.6. The Morgan fingerprint density at radius 2 is 2.00 bits per heavy atom. The summed E-state index contributed by atoms with van der Waals surface area (Å²) in [5.74, 6) is 1.42. The van der Waals surface area contributed by atoms with E-state index in [1.165, 1.54) is 10.4 Å². The van der Waals surface area contributed by atoms with Crippen LogP contribution in [0.15, 0.2) is 29.2 Å². The summed E-state index contributed by atoms with van der Waals surface area (Å²) in [5.41, 5.74) is 2.21. The summed E-state index contributed by atoms with van der Waals surface area (Å²) in [6, 6.07) is 6.04. The van der Waals surface area contributed by atoms with Crippen molar-refractivity contribution >= 4 is 21.6 Å². The predicted octanol–water partition coefficient (Wildman–Crippen LogP) is 3.91. The molecule has 1 unspecified atom stereocenters. The van der Waals surface area contributed by atoms with Gasteiger partial charge in [-0.2, -0.15) is 0 Å². The second-order valence-electron chi connectivity index (χ2n) is 8.39. The fourth-order valence-corrected chi connectivity index (χ4v) is 6.04. The molecule has 5 nitrogen and oxygen atoms in total. The molecular formula is C22H26N4OS. The lowest BCUT2D eigenvalue weighted by atomic mass is 9.89. The number of hydrogen-bond acceptors (Lipinski definition) is 5. The smallest absolute Gasteiger partial charge is 0.263 e. The van der Waals surface area contributed by atoms with E-state index in [1.807, 2.05) is 22.8 Å². The minimum atomic E-state index is 0.146. The van der Waals surface area contributed by atoms with Crippen molar-refractivity contribution in [2.75, 3.05) is 20.1 Å². The molecule has 1 saturated heterocycles. The largest absolute Gasteiger partial charge is 0.306 e. The highest BCUT2D eigenvalue weighted by Gasteiger charge is 2.28. The molecule has 1 atom stereocenters. The molecule has 5 rings (SSSR count). The Morgan fingerprint density at radius 3 is 2.75 bits per heavy atom. The molecule has 4 heterocycles. The van der Waals surface area contributed by atoms with Crippen LogP contribution in [0.25, 0.3) is 21.7 Å². The van der Waals surface area contributed by atoms with E-state index < -0.39 is 0 Å². The Kier molecular flexibility index (Phi) is 4.56. The third kappa shape index (κ3) is 2.99. The summed E-state index contributed by atoms with van der Waals surface area (Å²) >= 11 is 1.72. The predicted molar refractivity (Wildman–Crippen MR) is 114 cm³/mol. The number of fused-ring (bicyclic) bond motifs is 3. The summed E-state index contributed by atoms with van der Waals surface area (Å²) in [5, 5.41) is 0.880. The summed E-state index contributed by atoms with van der Waals surface area (Å²) < 4.78 is 1.97. The van der Waals surface area contributed by atoms with Crippen LogP contribution in [0.5, 0.6) is 0 Å². The lowest BCUT2D eigenvalue weighted by Gasteiger charge is -2.31. The second kappa shape index (κ2) is 7.08. The van der Waals surface area contributed by atoms with Gasteiger partial charge in [0.2, 0.25) is 0 Å². The number of thiophene rings is 1. The Morgan fingerprint density at radius 1 is 1.18 bits per heavy atom. The van der Waals surface area contributed by atoms with Crippen molar-refractivity contribution in [3.63, 3.8) is 0 Å². The molecule has 0 N–H and O–H groups in total. The Balaban J connectivity index is 1.75. The van der Waals surface area contributed by atoms with Crippen LogP contribution in [0.4, 0.5) is 0 Å².